The van der Waals surface area contributed by atoms with Crippen LogP contribution in [0.3, 0.4) is 0 Å². The first-order valence-corrected chi connectivity index (χ1v) is 6.94. The maximum Gasteiger partial charge on any atom is 0.0949 e. The molecule has 5 aromatic rings. The fraction of sp³-hybridized carbons (Fsp3) is 0. The van der Waals surface area contributed by atoms with Crippen molar-refractivity contribution in [1.82, 2.24) is 14.4 Å². The number of pyridine rings is 3. The van der Waals surface area contributed by atoms with Crippen molar-refractivity contribution in [3.8, 4) is 0 Å². The van der Waals surface area contributed by atoms with Gasteiger partial charge in [-0.05, 0) is 24.3 Å². The van der Waals surface area contributed by atoms with Gasteiger partial charge in [0.25, 0.3) is 0 Å². The molecule has 5 rings (SSSR count). The lowest BCUT2D eigenvalue weighted by molar-refractivity contribution is 1.29. The Labute approximate surface area is 120 Å². The minimum absolute atomic E-state index is 1.02. The molecule has 3 nitrogen and oxygen atoms in total. The molecule has 0 amide bonds. The Morgan fingerprint density at radius 2 is 1.71 bits per heavy atom. The molecular formula is C18H11N3. The van der Waals surface area contributed by atoms with Crippen molar-refractivity contribution in [2.75, 3.05) is 0 Å². The van der Waals surface area contributed by atoms with Gasteiger partial charge in [0.2, 0.25) is 0 Å². The van der Waals surface area contributed by atoms with Gasteiger partial charge < -0.3 is 4.40 Å². The molecule has 4 heterocycles. The summed E-state index contributed by atoms with van der Waals surface area (Å²) in [4.78, 5) is 8.90. The lowest BCUT2D eigenvalue weighted by atomic mass is 10.1. The standard InChI is InChI=1S/C18H11N3/c1-2-6-15-12(4-1)10-17-18-13(5-3-8-20-18)14-11-19-9-7-16(14)21(15)17/h1-11H. The van der Waals surface area contributed by atoms with E-state index in [1.807, 2.05) is 24.7 Å². The van der Waals surface area contributed by atoms with Gasteiger partial charge in [0.15, 0.2) is 0 Å². The third-order valence-corrected chi connectivity index (χ3v) is 4.09. The summed E-state index contributed by atoms with van der Waals surface area (Å²) in [5, 5.41) is 3.51. The number of hydrogen-bond acceptors (Lipinski definition) is 2. The lowest BCUT2D eigenvalue weighted by Crippen LogP contribution is -1.92. The third kappa shape index (κ3) is 1.32. The highest BCUT2D eigenvalue weighted by Gasteiger charge is 2.12. The van der Waals surface area contributed by atoms with Crippen molar-refractivity contribution < 1.29 is 0 Å². The first-order valence-electron chi connectivity index (χ1n) is 6.94. The van der Waals surface area contributed by atoms with Gasteiger partial charge in [-0.3, -0.25) is 9.97 Å². The first kappa shape index (κ1) is 10.8. The third-order valence-electron chi connectivity index (χ3n) is 4.09. The van der Waals surface area contributed by atoms with Gasteiger partial charge in [-0.2, -0.15) is 0 Å². The Hall–Kier alpha value is -2.94. The number of rotatable bonds is 0. The largest absolute Gasteiger partial charge is 0.307 e. The molecule has 21 heavy (non-hydrogen) atoms. The SMILES string of the molecule is c1ccc2c(c1)cc1c3ncccc3c3cnccc3n21. The molecule has 0 aliphatic heterocycles. The van der Waals surface area contributed by atoms with Crippen molar-refractivity contribution >= 4 is 38.2 Å². The molecule has 0 fully saturated rings. The molecular weight excluding hydrogens is 258 g/mol. The molecule has 0 N–H and O–H groups in total. The van der Waals surface area contributed by atoms with Crippen LogP contribution < -0.4 is 0 Å². The summed E-state index contributed by atoms with van der Waals surface area (Å²) in [6.45, 7) is 0. The van der Waals surface area contributed by atoms with Crippen molar-refractivity contribution in [2.45, 2.75) is 0 Å². The molecule has 0 unspecified atom stereocenters. The van der Waals surface area contributed by atoms with E-state index in [9.17, 15) is 0 Å². The summed E-state index contributed by atoms with van der Waals surface area (Å²) in [6.07, 6.45) is 5.62. The molecule has 0 spiro atoms. The Kier molecular flexibility index (Phi) is 1.95. The second kappa shape index (κ2) is 3.79. The number of benzene rings is 1. The van der Waals surface area contributed by atoms with Gasteiger partial charge in [0.05, 0.1) is 22.1 Å². The van der Waals surface area contributed by atoms with Crippen LogP contribution in [0.1, 0.15) is 0 Å². The van der Waals surface area contributed by atoms with Gasteiger partial charge in [-0.1, -0.05) is 24.3 Å². The molecule has 0 saturated heterocycles. The molecule has 98 valence electrons. The van der Waals surface area contributed by atoms with Crippen molar-refractivity contribution in [1.29, 1.82) is 0 Å². The predicted molar refractivity (Wildman–Crippen MR) is 85.5 cm³/mol. The Bertz CT molecular complexity index is 1140. The summed E-state index contributed by atoms with van der Waals surface area (Å²) in [7, 11) is 0. The van der Waals surface area contributed by atoms with E-state index in [1.54, 1.807) is 0 Å². The molecule has 0 aliphatic carbocycles. The average molecular weight is 269 g/mol. The van der Waals surface area contributed by atoms with E-state index in [0.29, 0.717) is 0 Å². The van der Waals surface area contributed by atoms with E-state index in [2.05, 4.69) is 56.8 Å². The summed E-state index contributed by atoms with van der Waals surface area (Å²) in [5.41, 5.74) is 4.54. The van der Waals surface area contributed by atoms with Gasteiger partial charge >= 0.3 is 0 Å². The lowest BCUT2D eigenvalue weighted by Gasteiger charge is -2.08. The molecule has 0 saturated carbocycles. The van der Waals surface area contributed by atoms with Crippen LogP contribution in [0, 0.1) is 0 Å². The van der Waals surface area contributed by atoms with Gasteiger partial charge in [-0.15, -0.1) is 0 Å². The number of hydrogen-bond donors (Lipinski definition) is 0. The van der Waals surface area contributed by atoms with Crippen LogP contribution in [0.15, 0.2) is 67.1 Å². The molecule has 0 bridgehead atoms. The van der Waals surface area contributed by atoms with E-state index in [0.717, 1.165) is 21.8 Å². The average Bonchev–Trinajstić information content (AvgIpc) is 2.95. The zero-order chi connectivity index (χ0) is 13.8. The second-order valence-corrected chi connectivity index (χ2v) is 5.22. The summed E-state index contributed by atoms with van der Waals surface area (Å²) in [6, 6.07) is 16.8. The zero-order valence-corrected chi connectivity index (χ0v) is 11.2. The first-order chi connectivity index (χ1) is 10.4. The van der Waals surface area contributed by atoms with Crippen LogP contribution in [-0.4, -0.2) is 14.4 Å². The van der Waals surface area contributed by atoms with E-state index in [-0.39, 0.29) is 0 Å². The van der Waals surface area contributed by atoms with Crippen LogP contribution in [0.2, 0.25) is 0 Å². The van der Waals surface area contributed by atoms with E-state index in [1.165, 1.54) is 16.4 Å². The fourth-order valence-corrected chi connectivity index (χ4v) is 3.21. The van der Waals surface area contributed by atoms with Crippen molar-refractivity contribution in [2.24, 2.45) is 0 Å². The van der Waals surface area contributed by atoms with Gasteiger partial charge in [0, 0.05) is 34.7 Å². The monoisotopic (exact) mass is 269 g/mol. The molecule has 3 heteroatoms. The van der Waals surface area contributed by atoms with E-state index in [4.69, 9.17) is 0 Å². The quantitative estimate of drug-likeness (QED) is 0.395. The summed E-state index contributed by atoms with van der Waals surface area (Å²) < 4.78 is 2.28. The predicted octanol–water partition coefficient (Wildman–Crippen LogP) is 4.19. The molecule has 0 atom stereocenters. The number of fused-ring (bicyclic) bond motifs is 8. The number of para-hydroxylation sites is 1. The Morgan fingerprint density at radius 1 is 0.762 bits per heavy atom. The normalized spacial score (nSPS) is 11.8. The summed E-state index contributed by atoms with van der Waals surface area (Å²) >= 11 is 0. The molecule has 1 aromatic carbocycles. The second-order valence-electron chi connectivity index (χ2n) is 5.22. The van der Waals surface area contributed by atoms with E-state index < -0.39 is 0 Å². The summed E-state index contributed by atoms with van der Waals surface area (Å²) in [5.74, 6) is 0. The molecule has 0 radical (unpaired) electrons. The highest BCUT2D eigenvalue weighted by Crippen LogP contribution is 2.32. The van der Waals surface area contributed by atoms with Crippen LogP contribution in [0.25, 0.3) is 38.2 Å². The zero-order valence-electron chi connectivity index (χ0n) is 11.2. The van der Waals surface area contributed by atoms with Gasteiger partial charge in [-0.25, -0.2) is 0 Å². The highest BCUT2D eigenvalue weighted by molar-refractivity contribution is 6.13. The fourth-order valence-electron chi connectivity index (χ4n) is 3.21. The Morgan fingerprint density at radius 3 is 2.71 bits per heavy atom. The van der Waals surface area contributed by atoms with Crippen LogP contribution in [0.4, 0.5) is 0 Å². The highest BCUT2D eigenvalue weighted by atomic mass is 14.9. The van der Waals surface area contributed by atoms with E-state index >= 15 is 0 Å². The van der Waals surface area contributed by atoms with Crippen LogP contribution >= 0.6 is 0 Å². The van der Waals surface area contributed by atoms with Crippen molar-refractivity contribution in [3.63, 3.8) is 0 Å². The molecule has 0 aliphatic rings. The van der Waals surface area contributed by atoms with Crippen molar-refractivity contribution in [3.05, 3.63) is 67.1 Å². The number of nitrogens with zero attached hydrogens (tertiary/aromatic N) is 3. The van der Waals surface area contributed by atoms with Crippen LogP contribution in [0.5, 0.6) is 0 Å². The number of aromatic nitrogens is 3. The van der Waals surface area contributed by atoms with Gasteiger partial charge in [0.1, 0.15) is 0 Å². The molecule has 4 aromatic heterocycles. The topological polar surface area (TPSA) is 30.2 Å². The van der Waals surface area contributed by atoms with Crippen LogP contribution in [-0.2, 0) is 0 Å². The minimum atomic E-state index is 1.02. The minimum Gasteiger partial charge on any atom is -0.307 e. The Balaban J connectivity index is 2.25. The maximum atomic E-state index is 4.61. The smallest absolute Gasteiger partial charge is 0.0949 e. The maximum absolute atomic E-state index is 4.61.